The Hall–Kier alpha value is -2.33. The van der Waals surface area contributed by atoms with Crippen LogP contribution >= 0.6 is 0 Å². The van der Waals surface area contributed by atoms with Crippen LogP contribution in [0.2, 0.25) is 0 Å². The maximum absolute atomic E-state index is 9.35. The van der Waals surface area contributed by atoms with Gasteiger partial charge in [0.15, 0.2) is 0 Å². The molecule has 6 nitrogen and oxygen atoms in total. The van der Waals surface area contributed by atoms with Gasteiger partial charge in [-0.1, -0.05) is 0 Å². The summed E-state index contributed by atoms with van der Waals surface area (Å²) in [5.41, 5.74) is 7.14. The number of nitrogens with zero attached hydrogens (tertiary/aromatic N) is 4. The second-order valence-electron chi connectivity index (χ2n) is 4.97. The lowest BCUT2D eigenvalue weighted by molar-refractivity contribution is 0.406. The third kappa shape index (κ3) is 4.07. The first-order chi connectivity index (χ1) is 10.1. The van der Waals surface area contributed by atoms with Crippen LogP contribution in [-0.4, -0.2) is 37.1 Å². The van der Waals surface area contributed by atoms with Crippen molar-refractivity contribution >= 4 is 0 Å². The lowest BCUT2D eigenvalue weighted by Gasteiger charge is -2.21. The van der Waals surface area contributed by atoms with Crippen molar-refractivity contribution in [1.29, 1.82) is 15.8 Å². The second kappa shape index (κ2) is 8.07. The number of nitrogens with two attached hydrogens (primary N) is 1. The minimum atomic E-state index is -0.0112. The number of nitrogens with one attached hydrogen (secondary N) is 1. The highest BCUT2D eigenvalue weighted by atomic mass is 15.2. The number of nitriles is 3. The number of allylic oxidation sites excluding steroid dienone is 4. The van der Waals surface area contributed by atoms with Gasteiger partial charge in [0, 0.05) is 37.9 Å². The van der Waals surface area contributed by atoms with Crippen molar-refractivity contribution in [2.24, 2.45) is 5.73 Å². The SMILES string of the molecule is CC(=C(C#N)C#N)/C(C#N)=C(\C)N1CCC(NCCN)C1. The quantitative estimate of drug-likeness (QED) is 0.569. The van der Waals surface area contributed by atoms with Crippen molar-refractivity contribution in [3.8, 4) is 18.2 Å². The molecular weight excluding hydrogens is 264 g/mol. The van der Waals surface area contributed by atoms with E-state index in [2.05, 4.69) is 16.3 Å². The smallest absolute Gasteiger partial charge is 0.133 e. The molecule has 0 saturated carbocycles. The summed E-state index contributed by atoms with van der Waals surface area (Å²) in [6.45, 7) is 6.53. The van der Waals surface area contributed by atoms with Crippen LogP contribution in [0.3, 0.4) is 0 Å². The standard InChI is InChI=1S/C15H20N6/c1-11(13(7-17)8-18)15(9-19)12(2)21-6-3-14(10-21)20-5-4-16/h14,20H,3-6,10,16H2,1-2H3/b15-12+. The number of hydrogen-bond acceptors (Lipinski definition) is 6. The van der Waals surface area contributed by atoms with E-state index in [1.807, 2.05) is 19.1 Å². The summed E-state index contributed by atoms with van der Waals surface area (Å²) >= 11 is 0. The fourth-order valence-electron chi connectivity index (χ4n) is 2.43. The third-order valence-corrected chi connectivity index (χ3v) is 3.69. The highest BCUT2D eigenvalue weighted by molar-refractivity contribution is 5.54. The number of hydrogen-bond donors (Lipinski definition) is 2. The molecule has 0 spiro atoms. The lowest BCUT2D eigenvalue weighted by Crippen LogP contribution is -2.35. The first-order valence-corrected chi connectivity index (χ1v) is 6.89. The Kier molecular flexibility index (Phi) is 6.43. The van der Waals surface area contributed by atoms with E-state index in [1.165, 1.54) is 0 Å². The summed E-state index contributed by atoms with van der Waals surface area (Å²) in [5.74, 6) is 0. The van der Waals surface area contributed by atoms with Crippen molar-refractivity contribution in [2.45, 2.75) is 26.3 Å². The lowest BCUT2D eigenvalue weighted by atomic mass is 10.0. The van der Waals surface area contributed by atoms with Crippen molar-refractivity contribution in [3.63, 3.8) is 0 Å². The molecule has 1 heterocycles. The molecule has 0 bridgehead atoms. The van der Waals surface area contributed by atoms with Gasteiger partial charge in [-0.05, 0) is 25.8 Å². The average molecular weight is 284 g/mol. The summed E-state index contributed by atoms with van der Waals surface area (Å²) in [6, 6.07) is 6.16. The Morgan fingerprint density at radius 3 is 2.43 bits per heavy atom. The Balaban J connectivity index is 2.97. The largest absolute Gasteiger partial charge is 0.372 e. The highest BCUT2D eigenvalue weighted by Crippen LogP contribution is 2.23. The van der Waals surface area contributed by atoms with Gasteiger partial charge in [-0.2, -0.15) is 15.8 Å². The zero-order chi connectivity index (χ0) is 15.8. The number of rotatable bonds is 5. The summed E-state index contributed by atoms with van der Waals surface area (Å²) in [7, 11) is 0. The molecule has 3 N–H and O–H groups in total. The van der Waals surface area contributed by atoms with E-state index in [1.54, 1.807) is 6.92 Å². The van der Waals surface area contributed by atoms with Crippen LogP contribution in [0.25, 0.3) is 0 Å². The highest BCUT2D eigenvalue weighted by Gasteiger charge is 2.24. The third-order valence-electron chi connectivity index (χ3n) is 3.69. The van der Waals surface area contributed by atoms with Crippen LogP contribution in [0.1, 0.15) is 20.3 Å². The Labute approximate surface area is 125 Å². The molecule has 110 valence electrons. The molecule has 1 fully saturated rings. The first-order valence-electron chi connectivity index (χ1n) is 6.89. The van der Waals surface area contributed by atoms with Crippen LogP contribution in [0.5, 0.6) is 0 Å². The Bertz CT molecular complexity index is 550. The van der Waals surface area contributed by atoms with E-state index in [-0.39, 0.29) is 5.57 Å². The molecule has 21 heavy (non-hydrogen) atoms. The molecule has 1 aliphatic rings. The van der Waals surface area contributed by atoms with E-state index < -0.39 is 0 Å². The van der Waals surface area contributed by atoms with Crippen molar-refractivity contribution < 1.29 is 0 Å². The van der Waals surface area contributed by atoms with E-state index >= 15 is 0 Å². The molecule has 0 amide bonds. The van der Waals surface area contributed by atoms with Crippen LogP contribution in [-0.2, 0) is 0 Å². The molecule has 0 aliphatic carbocycles. The maximum atomic E-state index is 9.35. The minimum Gasteiger partial charge on any atom is -0.372 e. The Morgan fingerprint density at radius 1 is 1.24 bits per heavy atom. The fourth-order valence-corrected chi connectivity index (χ4v) is 2.43. The van der Waals surface area contributed by atoms with E-state index in [9.17, 15) is 5.26 Å². The van der Waals surface area contributed by atoms with E-state index in [0.717, 1.165) is 31.8 Å². The summed E-state index contributed by atoms with van der Waals surface area (Å²) in [6.07, 6.45) is 0.988. The molecule has 1 aliphatic heterocycles. The fraction of sp³-hybridized carbons (Fsp3) is 0.533. The maximum Gasteiger partial charge on any atom is 0.133 e. The molecule has 0 aromatic heterocycles. The molecule has 0 radical (unpaired) electrons. The van der Waals surface area contributed by atoms with Gasteiger partial charge in [0.25, 0.3) is 0 Å². The van der Waals surface area contributed by atoms with Crippen molar-refractivity contribution in [2.75, 3.05) is 26.2 Å². The zero-order valence-electron chi connectivity index (χ0n) is 12.5. The van der Waals surface area contributed by atoms with Crippen LogP contribution in [0.15, 0.2) is 22.4 Å². The van der Waals surface area contributed by atoms with Crippen molar-refractivity contribution in [1.82, 2.24) is 10.2 Å². The molecule has 1 unspecified atom stereocenters. The van der Waals surface area contributed by atoms with E-state index in [4.69, 9.17) is 16.3 Å². The molecule has 6 heteroatoms. The van der Waals surface area contributed by atoms with Gasteiger partial charge in [-0.3, -0.25) is 0 Å². The van der Waals surface area contributed by atoms with Crippen LogP contribution < -0.4 is 11.1 Å². The first kappa shape index (κ1) is 16.7. The van der Waals surface area contributed by atoms with Gasteiger partial charge >= 0.3 is 0 Å². The van der Waals surface area contributed by atoms with Crippen LogP contribution in [0, 0.1) is 34.0 Å². The summed E-state index contributed by atoms with van der Waals surface area (Å²) < 4.78 is 0. The summed E-state index contributed by atoms with van der Waals surface area (Å²) in [4.78, 5) is 2.11. The summed E-state index contributed by atoms with van der Waals surface area (Å²) in [5, 5.41) is 30.6. The van der Waals surface area contributed by atoms with Gasteiger partial charge in [0.2, 0.25) is 0 Å². The normalized spacial score (nSPS) is 18.3. The van der Waals surface area contributed by atoms with Crippen molar-refractivity contribution in [3.05, 3.63) is 22.4 Å². The second-order valence-corrected chi connectivity index (χ2v) is 4.97. The molecule has 1 saturated heterocycles. The monoisotopic (exact) mass is 284 g/mol. The van der Waals surface area contributed by atoms with Gasteiger partial charge in [0.1, 0.15) is 23.8 Å². The van der Waals surface area contributed by atoms with E-state index in [0.29, 0.717) is 23.7 Å². The van der Waals surface area contributed by atoms with Gasteiger partial charge in [0.05, 0.1) is 5.57 Å². The Morgan fingerprint density at radius 2 is 1.90 bits per heavy atom. The predicted octanol–water partition coefficient (Wildman–Crippen LogP) is 0.770. The average Bonchev–Trinajstić information content (AvgIpc) is 2.96. The van der Waals surface area contributed by atoms with Crippen LogP contribution in [0.4, 0.5) is 0 Å². The molecule has 1 rings (SSSR count). The van der Waals surface area contributed by atoms with Gasteiger partial charge in [-0.25, -0.2) is 0 Å². The van der Waals surface area contributed by atoms with Gasteiger partial charge < -0.3 is 16.0 Å². The topological polar surface area (TPSA) is 113 Å². The minimum absolute atomic E-state index is 0.0112. The zero-order valence-corrected chi connectivity index (χ0v) is 12.5. The molecule has 0 aromatic rings. The molecular formula is C15H20N6. The predicted molar refractivity (Wildman–Crippen MR) is 79.3 cm³/mol. The van der Waals surface area contributed by atoms with Gasteiger partial charge in [-0.15, -0.1) is 0 Å². The number of likely N-dealkylation sites (tertiary alicyclic amines) is 1. The molecule has 1 atom stereocenters. The molecule has 0 aromatic carbocycles.